The van der Waals surface area contributed by atoms with Gasteiger partial charge in [0.1, 0.15) is 23.3 Å². The van der Waals surface area contributed by atoms with Gasteiger partial charge < -0.3 is 19.6 Å². The van der Waals surface area contributed by atoms with E-state index >= 15 is 0 Å². The molecule has 0 saturated heterocycles. The first-order valence-corrected chi connectivity index (χ1v) is 26.1. The van der Waals surface area contributed by atoms with Crippen molar-refractivity contribution in [3.8, 4) is 33.4 Å². The Hall–Kier alpha value is -6.02. The van der Waals surface area contributed by atoms with Gasteiger partial charge in [0.25, 0.3) is 0 Å². The summed E-state index contributed by atoms with van der Waals surface area (Å²) in [6.07, 6.45) is 0. The van der Waals surface area contributed by atoms with E-state index in [1.54, 1.807) is 0 Å². The number of fused-ring (bicyclic) bond motifs is 4. The van der Waals surface area contributed by atoms with E-state index in [0.717, 1.165) is 102 Å². The molecule has 12 rings (SSSR count). The molecule has 10 heteroatoms. The van der Waals surface area contributed by atoms with E-state index < -0.39 is 0 Å². The third-order valence-electron chi connectivity index (χ3n) is 19.1. The number of nitrogens with zero attached hydrogens (tertiary/aromatic N) is 8. The molecule has 0 bridgehead atoms. The van der Waals surface area contributed by atoms with Crippen LogP contribution in [-0.4, -0.2) is 19.9 Å². The molecule has 4 heterocycles. The van der Waals surface area contributed by atoms with Crippen LogP contribution in [0.4, 0.5) is 46.0 Å². The molecular formula is C66H66Ir2N8-4. The molecule has 0 unspecified atom stereocenters. The Kier molecular flexibility index (Phi) is 12.9. The number of rotatable bonds is 7. The number of aromatic nitrogens is 4. The molecule has 8 aromatic rings. The van der Waals surface area contributed by atoms with Crippen molar-refractivity contribution in [2.24, 2.45) is 10.8 Å². The summed E-state index contributed by atoms with van der Waals surface area (Å²) in [7, 11) is 0. The zero-order valence-electron chi connectivity index (χ0n) is 46.1. The van der Waals surface area contributed by atoms with Crippen molar-refractivity contribution in [3.63, 3.8) is 0 Å². The van der Waals surface area contributed by atoms with E-state index in [-0.39, 0.29) is 72.7 Å². The van der Waals surface area contributed by atoms with Gasteiger partial charge in [-0.2, -0.15) is 36.4 Å². The van der Waals surface area contributed by atoms with Crippen molar-refractivity contribution in [1.82, 2.24) is 19.9 Å². The van der Waals surface area contributed by atoms with E-state index in [1.165, 1.54) is 11.1 Å². The van der Waals surface area contributed by atoms with Gasteiger partial charge in [-0.1, -0.05) is 178 Å². The van der Waals surface area contributed by atoms with Gasteiger partial charge in [-0.25, -0.2) is 19.9 Å². The molecule has 0 N–H and O–H groups in total. The predicted molar refractivity (Wildman–Crippen MR) is 304 cm³/mol. The maximum absolute atomic E-state index is 5.55. The number of benzene rings is 6. The average molecular weight is 1360 g/mol. The summed E-state index contributed by atoms with van der Waals surface area (Å²) in [5.74, 6) is 3.28. The minimum absolute atomic E-state index is 0. The minimum Gasteiger partial charge on any atom is -0.477 e. The van der Waals surface area contributed by atoms with Gasteiger partial charge >= 0.3 is 0 Å². The van der Waals surface area contributed by atoms with Crippen molar-refractivity contribution in [1.29, 1.82) is 0 Å². The van der Waals surface area contributed by atoms with Crippen LogP contribution in [0.2, 0.25) is 0 Å². The number of aryl methyl sites for hydroxylation is 2. The van der Waals surface area contributed by atoms with Gasteiger partial charge in [0.05, 0.1) is 22.8 Å². The first kappa shape index (κ1) is 53.4. The summed E-state index contributed by atoms with van der Waals surface area (Å²) in [6.45, 7) is 36.6. The van der Waals surface area contributed by atoms with Crippen LogP contribution in [0.1, 0.15) is 117 Å². The molecule has 0 amide bonds. The van der Waals surface area contributed by atoms with Crippen LogP contribution in [0.5, 0.6) is 0 Å². The third kappa shape index (κ3) is 7.63. The van der Waals surface area contributed by atoms with Gasteiger partial charge in [0, 0.05) is 73.2 Å². The second-order valence-electron chi connectivity index (χ2n) is 24.3. The van der Waals surface area contributed by atoms with Crippen molar-refractivity contribution in [2.45, 2.75) is 119 Å². The maximum atomic E-state index is 5.55. The molecule has 392 valence electrons. The van der Waals surface area contributed by atoms with E-state index in [9.17, 15) is 0 Å². The smallest absolute Gasteiger partial charge is 0.146 e. The zero-order chi connectivity index (χ0) is 52.1. The molecule has 8 nitrogen and oxygen atoms in total. The SMILES string of the molecule is Cc1cc(C)cc(-c2c(-c3c[c-]c(N4[CH-]N(c5ccccc5)c5nc6c(nc54)C(C)(C)C(C)(C)C6(C)C)cc3)cccc2-c2c[c-]c(N3[CH-]N(c4ccccc4)c4nc5c(nc43)C(C)(C)C(C)(C)C5(C)C)cc2)c1.[Ir].[Ir]. The molecule has 0 fully saturated rings. The topological polar surface area (TPSA) is 64.5 Å². The van der Waals surface area contributed by atoms with Crippen molar-refractivity contribution in [3.05, 3.63) is 193 Å². The third-order valence-corrected chi connectivity index (χ3v) is 19.1. The summed E-state index contributed by atoms with van der Waals surface area (Å²) in [5, 5.41) is 0. The molecule has 2 aliphatic carbocycles. The summed E-state index contributed by atoms with van der Waals surface area (Å²) >= 11 is 0. The van der Waals surface area contributed by atoms with Gasteiger partial charge in [0.2, 0.25) is 0 Å². The minimum atomic E-state index is -0.204. The van der Waals surface area contributed by atoms with E-state index in [1.807, 2.05) is 0 Å². The summed E-state index contributed by atoms with van der Waals surface area (Å²) in [6, 6.07) is 54.9. The van der Waals surface area contributed by atoms with Crippen molar-refractivity contribution < 1.29 is 40.2 Å². The van der Waals surface area contributed by atoms with E-state index in [2.05, 4.69) is 275 Å². The van der Waals surface area contributed by atoms with Crippen LogP contribution >= 0.6 is 0 Å². The van der Waals surface area contributed by atoms with Gasteiger partial charge in [-0.05, 0) is 60.1 Å². The number of anilines is 8. The second kappa shape index (κ2) is 18.3. The van der Waals surface area contributed by atoms with Crippen LogP contribution in [0.3, 0.4) is 0 Å². The van der Waals surface area contributed by atoms with E-state index in [4.69, 9.17) is 19.9 Å². The summed E-state index contributed by atoms with van der Waals surface area (Å²) in [5.41, 5.74) is 16.3. The zero-order valence-corrected chi connectivity index (χ0v) is 50.9. The standard InChI is InChI=1S/C66H66N8.2Ir/c1-41-36-42(2)38-45(37-41)52-50(43-28-32-48(33-29-43)73-39-71(46-22-17-15-18-23-46)57-59(73)69-55-53(67-57)61(3,4)65(11,12)63(55,7)8)26-21-27-51(52)44-30-34-49(35-31-44)74-40-72(47-24-19-16-20-25-47)58-60(74)70-56-54(68-58)62(5,6)66(13,14)64(56,9)10;;/h15-32,34,36-40H,1-14H3;;/q-4;;. The summed E-state index contributed by atoms with van der Waals surface area (Å²) < 4.78 is 0. The fraction of sp³-hybridized carbons (Fsp3) is 0.303. The fourth-order valence-corrected chi connectivity index (χ4v) is 12.3. The second-order valence-corrected chi connectivity index (χ2v) is 24.3. The Labute approximate surface area is 478 Å². The molecule has 6 aromatic carbocycles. The van der Waals surface area contributed by atoms with Crippen molar-refractivity contribution >= 4 is 46.0 Å². The molecular weight excluding hydrogens is 1290 g/mol. The predicted octanol–water partition coefficient (Wildman–Crippen LogP) is 16.5. The number of hydrogen-bond acceptors (Lipinski definition) is 8. The maximum Gasteiger partial charge on any atom is 0.146 e. The molecule has 4 aliphatic rings. The van der Waals surface area contributed by atoms with Crippen LogP contribution in [0, 0.1) is 50.1 Å². The van der Waals surface area contributed by atoms with Crippen LogP contribution in [0.15, 0.2) is 133 Å². The molecule has 2 radical (unpaired) electrons. The fourth-order valence-electron chi connectivity index (χ4n) is 12.3. The monoisotopic (exact) mass is 1360 g/mol. The van der Waals surface area contributed by atoms with Gasteiger partial charge in [-0.3, -0.25) is 0 Å². The van der Waals surface area contributed by atoms with Crippen molar-refractivity contribution in [2.75, 3.05) is 19.6 Å². The van der Waals surface area contributed by atoms with E-state index in [0.29, 0.717) is 0 Å². The summed E-state index contributed by atoms with van der Waals surface area (Å²) in [4.78, 5) is 30.8. The Morgan fingerprint density at radius 2 is 0.724 bits per heavy atom. The van der Waals surface area contributed by atoms with Crippen LogP contribution in [-0.2, 0) is 61.9 Å². The van der Waals surface area contributed by atoms with Gasteiger partial charge in [-0.15, -0.1) is 48.0 Å². The molecule has 2 aromatic heterocycles. The molecule has 2 aliphatic heterocycles. The first-order chi connectivity index (χ1) is 35.0. The number of para-hydroxylation sites is 2. The quantitative estimate of drug-likeness (QED) is 0.146. The Bertz CT molecular complexity index is 3320. The first-order valence-electron chi connectivity index (χ1n) is 26.1. The van der Waals surface area contributed by atoms with Gasteiger partial charge in [0.15, 0.2) is 0 Å². The number of hydrogen-bond donors (Lipinski definition) is 0. The Morgan fingerprint density at radius 3 is 1.05 bits per heavy atom. The molecule has 0 spiro atoms. The Morgan fingerprint density at radius 1 is 0.382 bits per heavy atom. The largest absolute Gasteiger partial charge is 0.477 e. The normalized spacial score (nSPS) is 18.3. The molecule has 76 heavy (non-hydrogen) atoms. The molecule has 0 atom stereocenters. The molecule has 0 saturated carbocycles. The van der Waals surface area contributed by atoms with Crippen LogP contribution in [0.25, 0.3) is 33.4 Å². The van der Waals surface area contributed by atoms with Crippen LogP contribution < -0.4 is 19.6 Å². The average Bonchev–Trinajstić information content (AvgIpc) is 4.07. The Balaban J connectivity index is 0.00000328.